The highest BCUT2D eigenvalue weighted by atomic mass is 32.1. The van der Waals surface area contributed by atoms with Gasteiger partial charge < -0.3 is 9.80 Å². The van der Waals surface area contributed by atoms with E-state index in [0.29, 0.717) is 0 Å². The van der Waals surface area contributed by atoms with E-state index >= 15 is 0 Å². The average Bonchev–Trinajstić information content (AvgIpc) is 3.79. The van der Waals surface area contributed by atoms with Gasteiger partial charge in [0.15, 0.2) is 5.82 Å². The lowest BCUT2D eigenvalue weighted by Gasteiger charge is -2.40. The summed E-state index contributed by atoms with van der Waals surface area (Å²) in [4.78, 5) is 9.74. The zero-order valence-electron chi connectivity index (χ0n) is 25.6. The van der Waals surface area contributed by atoms with Crippen LogP contribution in [0.4, 0.5) is 34.1 Å². The first kappa shape index (κ1) is 27.3. The highest BCUT2D eigenvalue weighted by Crippen LogP contribution is 2.55. The Bertz CT molecular complexity index is 2600. The fourth-order valence-electron chi connectivity index (χ4n) is 6.96. The SMILES string of the molecule is c1ccc2c(c1)N(c1ccc(-c3nsc(-c4ccc5c(c4)sc4ccccc45)n3)cc1)c1ccccc1N2c1cccc2ccccc12. The molecule has 0 N–H and O–H groups in total. The van der Waals surface area contributed by atoms with Crippen molar-refractivity contribution in [2.45, 2.75) is 0 Å². The van der Waals surface area contributed by atoms with Crippen molar-refractivity contribution in [3.05, 3.63) is 158 Å². The molecule has 10 rings (SSSR count). The van der Waals surface area contributed by atoms with Crippen molar-refractivity contribution in [3.8, 4) is 22.0 Å². The number of hydrogen-bond donors (Lipinski definition) is 0. The number of benzene rings is 7. The quantitative estimate of drug-likeness (QED) is 0.190. The number of fused-ring (bicyclic) bond motifs is 6. The van der Waals surface area contributed by atoms with Gasteiger partial charge in [-0.2, -0.15) is 4.37 Å². The molecule has 0 radical (unpaired) electrons. The Morgan fingerprint density at radius 3 is 1.79 bits per heavy atom. The lowest BCUT2D eigenvalue weighted by atomic mass is 10.0. The lowest BCUT2D eigenvalue weighted by Crippen LogP contribution is -2.24. The van der Waals surface area contributed by atoms with Crippen LogP contribution in [0.3, 0.4) is 0 Å². The Morgan fingerprint density at radius 1 is 0.438 bits per heavy atom. The van der Waals surface area contributed by atoms with Crippen LogP contribution in [0.2, 0.25) is 0 Å². The molecule has 0 saturated carbocycles. The van der Waals surface area contributed by atoms with Gasteiger partial charge in [0.25, 0.3) is 0 Å². The summed E-state index contributed by atoms with van der Waals surface area (Å²) >= 11 is 3.28. The number of hydrogen-bond acceptors (Lipinski definition) is 6. The van der Waals surface area contributed by atoms with Crippen LogP contribution in [-0.2, 0) is 0 Å². The van der Waals surface area contributed by atoms with Gasteiger partial charge in [0.05, 0.1) is 28.4 Å². The molecule has 2 aromatic heterocycles. The third-order valence-electron chi connectivity index (χ3n) is 9.17. The fraction of sp³-hybridized carbons (Fsp3) is 0. The van der Waals surface area contributed by atoms with Crippen LogP contribution >= 0.6 is 22.9 Å². The van der Waals surface area contributed by atoms with Gasteiger partial charge in [0.1, 0.15) is 5.01 Å². The predicted octanol–water partition coefficient (Wildman–Crippen LogP) is 12.6. The van der Waals surface area contributed by atoms with Gasteiger partial charge >= 0.3 is 0 Å². The Balaban J connectivity index is 1.02. The third kappa shape index (κ3) is 4.27. The zero-order valence-corrected chi connectivity index (χ0v) is 27.2. The molecular weight excluding hydrogens is 625 g/mol. The number of thiophene rings is 1. The van der Waals surface area contributed by atoms with E-state index in [1.54, 1.807) is 0 Å². The number of anilines is 6. The molecule has 0 saturated heterocycles. The minimum absolute atomic E-state index is 0.750. The summed E-state index contributed by atoms with van der Waals surface area (Å²) in [6.07, 6.45) is 0. The molecule has 3 heterocycles. The average molecular weight is 651 g/mol. The topological polar surface area (TPSA) is 32.3 Å². The van der Waals surface area contributed by atoms with Gasteiger partial charge in [-0.05, 0) is 83.6 Å². The number of para-hydroxylation sites is 4. The summed E-state index contributed by atoms with van der Waals surface area (Å²) in [7, 11) is 0. The summed E-state index contributed by atoms with van der Waals surface area (Å²) in [5.74, 6) is 0.750. The van der Waals surface area contributed by atoms with Crippen molar-refractivity contribution >= 4 is 87.9 Å². The monoisotopic (exact) mass is 650 g/mol. The molecule has 9 aromatic rings. The minimum Gasteiger partial charge on any atom is -0.306 e. The van der Waals surface area contributed by atoms with Gasteiger partial charge in [-0.25, -0.2) is 4.98 Å². The maximum atomic E-state index is 4.99. The molecule has 6 heteroatoms. The summed E-state index contributed by atoms with van der Waals surface area (Å²) in [5.41, 5.74) is 8.88. The Kier molecular flexibility index (Phi) is 6.19. The molecule has 0 bridgehead atoms. The van der Waals surface area contributed by atoms with E-state index in [1.807, 2.05) is 11.3 Å². The standard InChI is InChI=1S/C42H26N4S2/c1-2-12-31-27(10-1)11-9-18-34(31)46-37-16-6-4-14-35(37)45(36-15-5-7-17-38(36)46)30-23-20-28(21-24-30)41-43-42(48-44-41)29-22-25-33-32-13-3-8-19-39(32)47-40(33)26-29/h1-26H. The van der Waals surface area contributed by atoms with Crippen molar-refractivity contribution in [1.29, 1.82) is 0 Å². The van der Waals surface area contributed by atoms with E-state index in [4.69, 9.17) is 9.36 Å². The van der Waals surface area contributed by atoms with Crippen LogP contribution in [0.5, 0.6) is 0 Å². The van der Waals surface area contributed by atoms with Gasteiger partial charge in [-0.15, -0.1) is 11.3 Å². The molecule has 0 spiro atoms. The van der Waals surface area contributed by atoms with Crippen LogP contribution in [0.1, 0.15) is 0 Å². The lowest BCUT2D eigenvalue weighted by molar-refractivity contribution is 1.17. The minimum atomic E-state index is 0.750. The van der Waals surface area contributed by atoms with Crippen molar-refractivity contribution in [2.75, 3.05) is 9.80 Å². The molecule has 1 aliphatic heterocycles. The third-order valence-corrected chi connectivity index (χ3v) is 11.1. The molecule has 0 fully saturated rings. The molecule has 0 unspecified atom stereocenters. The molecule has 4 nitrogen and oxygen atoms in total. The molecule has 0 atom stereocenters. The second-order valence-electron chi connectivity index (χ2n) is 11.9. The zero-order chi connectivity index (χ0) is 31.6. The second kappa shape index (κ2) is 10.9. The Morgan fingerprint density at radius 2 is 1.02 bits per heavy atom. The Hall–Kier alpha value is -5.82. The van der Waals surface area contributed by atoms with Crippen LogP contribution in [0, 0.1) is 0 Å². The Labute approximate surface area is 285 Å². The van der Waals surface area contributed by atoms with Gasteiger partial charge in [0, 0.05) is 42.4 Å². The predicted molar refractivity (Wildman–Crippen MR) is 204 cm³/mol. The summed E-state index contributed by atoms with van der Waals surface area (Å²) in [6, 6.07) is 56.3. The first-order valence-electron chi connectivity index (χ1n) is 15.9. The van der Waals surface area contributed by atoms with Crippen molar-refractivity contribution < 1.29 is 0 Å². The molecule has 48 heavy (non-hydrogen) atoms. The van der Waals surface area contributed by atoms with Crippen molar-refractivity contribution in [3.63, 3.8) is 0 Å². The van der Waals surface area contributed by atoms with E-state index in [0.717, 1.165) is 50.4 Å². The highest BCUT2D eigenvalue weighted by molar-refractivity contribution is 7.25. The van der Waals surface area contributed by atoms with E-state index in [9.17, 15) is 0 Å². The molecule has 0 aliphatic carbocycles. The highest BCUT2D eigenvalue weighted by Gasteiger charge is 2.30. The largest absolute Gasteiger partial charge is 0.306 e. The number of nitrogens with zero attached hydrogens (tertiary/aromatic N) is 4. The number of aromatic nitrogens is 2. The molecular formula is C42H26N4S2. The first-order valence-corrected chi connectivity index (χ1v) is 17.5. The summed E-state index contributed by atoms with van der Waals surface area (Å²) in [6.45, 7) is 0. The van der Waals surface area contributed by atoms with Gasteiger partial charge in [0.2, 0.25) is 0 Å². The smallest absolute Gasteiger partial charge is 0.173 e. The van der Waals surface area contributed by atoms with Crippen molar-refractivity contribution in [1.82, 2.24) is 9.36 Å². The van der Waals surface area contributed by atoms with E-state index in [2.05, 4.69) is 168 Å². The summed E-state index contributed by atoms with van der Waals surface area (Å²) < 4.78 is 7.36. The first-order chi connectivity index (χ1) is 23.8. The van der Waals surface area contributed by atoms with E-state index in [1.165, 1.54) is 48.2 Å². The maximum Gasteiger partial charge on any atom is 0.173 e. The second-order valence-corrected chi connectivity index (χ2v) is 13.8. The summed E-state index contributed by atoms with van der Waals surface area (Å²) in [5, 5.41) is 5.98. The molecule has 1 aliphatic rings. The molecule has 226 valence electrons. The van der Waals surface area contributed by atoms with Crippen LogP contribution in [-0.4, -0.2) is 9.36 Å². The fourth-order valence-corrected chi connectivity index (χ4v) is 8.79. The number of rotatable bonds is 4. The molecule has 7 aromatic carbocycles. The van der Waals surface area contributed by atoms with Crippen molar-refractivity contribution in [2.24, 2.45) is 0 Å². The van der Waals surface area contributed by atoms with Gasteiger partial charge in [-0.1, -0.05) is 91.0 Å². The maximum absolute atomic E-state index is 4.99. The normalized spacial score (nSPS) is 12.5. The van der Waals surface area contributed by atoms with Crippen LogP contribution in [0.25, 0.3) is 52.9 Å². The van der Waals surface area contributed by atoms with Gasteiger partial charge in [-0.3, -0.25) is 0 Å². The molecule has 0 amide bonds. The van der Waals surface area contributed by atoms with Crippen LogP contribution in [0.15, 0.2) is 158 Å². The van der Waals surface area contributed by atoms with Crippen LogP contribution < -0.4 is 9.80 Å². The van der Waals surface area contributed by atoms with E-state index in [-0.39, 0.29) is 0 Å². The van der Waals surface area contributed by atoms with E-state index < -0.39 is 0 Å².